The molecule has 0 amide bonds. The van der Waals surface area contributed by atoms with Crippen LogP contribution >= 0.6 is 0 Å². The summed E-state index contributed by atoms with van der Waals surface area (Å²) in [5, 5.41) is 8.97. The van der Waals surface area contributed by atoms with Crippen molar-refractivity contribution in [3.8, 4) is 0 Å². The van der Waals surface area contributed by atoms with Gasteiger partial charge in [0.25, 0.3) is 10.0 Å². The number of sulfonamides is 1. The van der Waals surface area contributed by atoms with Gasteiger partial charge in [-0.05, 0) is 97.0 Å². The highest BCUT2D eigenvalue weighted by Crippen LogP contribution is 2.47. The van der Waals surface area contributed by atoms with Crippen LogP contribution in [0.15, 0.2) is 41.3 Å². The van der Waals surface area contributed by atoms with Crippen molar-refractivity contribution in [3.63, 3.8) is 0 Å². The Kier molecular flexibility index (Phi) is 4.26. The van der Waals surface area contributed by atoms with Crippen molar-refractivity contribution in [1.29, 1.82) is 0 Å². The molecule has 0 aliphatic heterocycles. The maximum Gasteiger partial charge on any atom is 0.335 e. The number of hydrogen-bond acceptors (Lipinski definition) is 3. The van der Waals surface area contributed by atoms with Crippen LogP contribution in [0.4, 0.5) is 5.69 Å². The van der Waals surface area contributed by atoms with Crippen molar-refractivity contribution in [1.82, 2.24) is 0 Å². The summed E-state index contributed by atoms with van der Waals surface area (Å²) in [5.41, 5.74) is 4.85. The molecule has 0 radical (unpaired) electrons. The smallest absolute Gasteiger partial charge is 0.335 e. The summed E-state index contributed by atoms with van der Waals surface area (Å²) in [6.45, 7) is 2.33. The molecule has 142 valence electrons. The Morgan fingerprint density at radius 1 is 1.04 bits per heavy atom. The number of nitrogens with one attached hydrogen (secondary N) is 1. The zero-order valence-corrected chi connectivity index (χ0v) is 16.1. The molecule has 6 heteroatoms. The fourth-order valence-electron chi connectivity index (χ4n) is 4.70. The van der Waals surface area contributed by atoms with Gasteiger partial charge in [-0.2, -0.15) is 0 Å². The Balaban J connectivity index is 1.68. The second-order valence-electron chi connectivity index (χ2n) is 7.87. The van der Waals surface area contributed by atoms with Crippen molar-refractivity contribution >= 4 is 21.7 Å². The Morgan fingerprint density at radius 3 is 2.11 bits per heavy atom. The van der Waals surface area contributed by atoms with E-state index in [0.717, 1.165) is 25.7 Å². The summed E-state index contributed by atoms with van der Waals surface area (Å²) >= 11 is 0. The molecule has 0 bridgehead atoms. The monoisotopic (exact) mass is 385 g/mol. The first-order valence-electron chi connectivity index (χ1n) is 9.31. The molecule has 5 nitrogen and oxygen atoms in total. The van der Waals surface area contributed by atoms with Crippen LogP contribution in [0, 0.1) is 0 Å². The minimum absolute atomic E-state index is 0.0590. The van der Waals surface area contributed by atoms with E-state index < -0.39 is 16.0 Å². The summed E-state index contributed by atoms with van der Waals surface area (Å²) in [4.78, 5) is 11.0. The zero-order chi connectivity index (χ0) is 19.2. The molecule has 0 aromatic heterocycles. The van der Waals surface area contributed by atoms with Gasteiger partial charge in [-0.3, -0.25) is 4.72 Å². The number of anilines is 1. The van der Waals surface area contributed by atoms with Gasteiger partial charge in [0.05, 0.1) is 10.5 Å². The number of benzene rings is 2. The largest absolute Gasteiger partial charge is 0.478 e. The quantitative estimate of drug-likeness (QED) is 0.829. The van der Waals surface area contributed by atoms with Crippen molar-refractivity contribution < 1.29 is 18.3 Å². The molecule has 0 saturated carbocycles. The fourth-order valence-corrected chi connectivity index (χ4v) is 5.74. The number of carboxylic acids is 1. The third kappa shape index (κ3) is 3.23. The van der Waals surface area contributed by atoms with Gasteiger partial charge >= 0.3 is 5.97 Å². The van der Waals surface area contributed by atoms with Gasteiger partial charge < -0.3 is 5.11 Å². The average molecular weight is 385 g/mol. The Bertz CT molecular complexity index is 978. The first-order valence-corrected chi connectivity index (χ1v) is 10.8. The van der Waals surface area contributed by atoms with E-state index in [9.17, 15) is 13.2 Å². The van der Waals surface area contributed by atoms with Crippen LogP contribution in [-0.4, -0.2) is 19.5 Å². The zero-order valence-electron chi connectivity index (χ0n) is 15.3. The Morgan fingerprint density at radius 2 is 1.59 bits per heavy atom. The van der Waals surface area contributed by atoms with Gasteiger partial charge in [0.1, 0.15) is 0 Å². The first kappa shape index (κ1) is 18.0. The normalized spacial score (nSPS) is 17.8. The first-order chi connectivity index (χ1) is 12.8. The van der Waals surface area contributed by atoms with Gasteiger partial charge in [-0.15, -0.1) is 0 Å². The maximum atomic E-state index is 12.7. The van der Waals surface area contributed by atoms with Gasteiger partial charge in [0.15, 0.2) is 0 Å². The van der Waals surface area contributed by atoms with Crippen molar-refractivity contribution in [2.24, 2.45) is 0 Å². The molecule has 0 fully saturated rings. The maximum absolute atomic E-state index is 12.7. The van der Waals surface area contributed by atoms with Gasteiger partial charge in [-0.25, -0.2) is 13.2 Å². The van der Waals surface area contributed by atoms with Crippen LogP contribution < -0.4 is 4.72 Å². The number of carboxylic acid groups (broad SMARTS) is 1. The Labute approximate surface area is 159 Å². The molecule has 0 atom stereocenters. The van der Waals surface area contributed by atoms with Gasteiger partial charge in [0.2, 0.25) is 0 Å². The summed E-state index contributed by atoms with van der Waals surface area (Å²) in [7, 11) is -3.76. The molecular formula is C21H23NO4S. The minimum atomic E-state index is -3.76. The number of aromatic carboxylic acids is 1. The number of rotatable bonds is 4. The van der Waals surface area contributed by atoms with E-state index in [4.69, 9.17) is 5.11 Å². The summed E-state index contributed by atoms with van der Waals surface area (Å²) in [6.07, 6.45) is 6.65. The molecule has 0 heterocycles. The van der Waals surface area contributed by atoms with Crippen LogP contribution in [0.25, 0.3) is 0 Å². The molecule has 4 rings (SSSR count). The summed E-state index contributed by atoms with van der Waals surface area (Å²) in [6, 6.07) is 9.21. The van der Waals surface area contributed by atoms with Gasteiger partial charge in [0, 0.05) is 5.69 Å². The fraction of sp³-hybridized carbons (Fsp3) is 0.381. The molecule has 2 aromatic rings. The molecule has 2 aliphatic rings. The Hall–Kier alpha value is -2.34. The highest BCUT2D eigenvalue weighted by molar-refractivity contribution is 7.92. The molecule has 27 heavy (non-hydrogen) atoms. The number of aryl methyl sites for hydroxylation is 2. The third-order valence-corrected chi connectivity index (χ3v) is 7.32. The highest BCUT2D eigenvalue weighted by Gasteiger charge is 2.36. The van der Waals surface area contributed by atoms with E-state index in [1.165, 1.54) is 53.8 Å². The average Bonchev–Trinajstić information content (AvgIpc) is 2.61. The van der Waals surface area contributed by atoms with Crippen molar-refractivity contribution in [2.75, 3.05) is 4.72 Å². The van der Waals surface area contributed by atoms with Crippen LogP contribution in [0.1, 0.15) is 59.7 Å². The van der Waals surface area contributed by atoms with E-state index in [-0.39, 0.29) is 15.9 Å². The van der Waals surface area contributed by atoms with Crippen LogP contribution in [0.2, 0.25) is 0 Å². The predicted molar refractivity (Wildman–Crippen MR) is 104 cm³/mol. The van der Waals surface area contributed by atoms with E-state index >= 15 is 0 Å². The lowest BCUT2D eigenvalue weighted by atomic mass is 9.63. The highest BCUT2D eigenvalue weighted by atomic mass is 32.2. The molecule has 0 saturated heterocycles. The molecule has 2 N–H and O–H groups in total. The van der Waals surface area contributed by atoms with Crippen LogP contribution in [0.5, 0.6) is 0 Å². The molecule has 0 spiro atoms. The minimum Gasteiger partial charge on any atom is -0.478 e. The van der Waals surface area contributed by atoms with Crippen molar-refractivity contribution in [2.45, 2.75) is 55.8 Å². The summed E-state index contributed by atoms with van der Waals surface area (Å²) < 4.78 is 28.2. The van der Waals surface area contributed by atoms with Crippen molar-refractivity contribution in [3.05, 3.63) is 58.7 Å². The lowest BCUT2D eigenvalue weighted by Crippen LogP contribution is -2.32. The predicted octanol–water partition coefficient (Wildman–Crippen LogP) is 4.12. The van der Waals surface area contributed by atoms with E-state index in [2.05, 4.69) is 11.6 Å². The lowest BCUT2D eigenvalue weighted by molar-refractivity contribution is 0.0696. The standard InChI is InChI=1S/C21H23NO4S/c1-21-10-2-4-15-12-17(13-16(19(15)21)5-3-11-21)22-27(25,26)18-8-6-14(7-9-18)20(23)24/h6-9,12-13,22H,2-5,10-11H2,1H3,(H,23,24). The SMILES string of the molecule is CC12CCCc3cc(NS(=O)(=O)c4ccc(C(=O)O)cc4)cc(c31)CCC2. The second-order valence-corrected chi connectivity index (χ2v) is 9.55. The van der Waals surface area contributed by atoms with Crippen LogP contribution in [0.3, 0.4) is 0 Å². The second kappa shape index (κ2) is 6.37. The molecule has 0 unspecified atom stereocenters. The van der Waals surface area contributed by atoms with Gasteiger partial charge in [-0.1, -0.05) is 6.92 Å². The molecular weight excluding hydrogens is 362 g/mol. The lowest BCUT2D eigenvalue weighted by Gasteiger charge is -2.41. The third-order valence-electron chi connectivity index (χ3n) is 5.92. The molecule has 2 aromatic carbocycles. The topological polar surface area (TPSA) is 83.5 Å². The summed E-state index contributed by atoms with van der Waals surface area (Å²) in [5.74, 6) is -1.08. The van der Waals surface area contributed by atoms with Crippen LogP contribution in [-0.2, 0) is 28.3 Å². The molecule has 2 aliphatic carbocycles. The van der Waals surface area contributed by atoms with E-state index in [0.29, 0.717) is 5.69 Å². The number of carbonyl (C=O) groups is 1. The number of hydrogen-bond donors (Lipinski definition) is 2. The van der Waals surface area contributed by atoms with E-state index in [1.54, 1.807) is 0 Å². The van der Waals surface area contributed by atoms with E-state index in [1.807, 2.05) is 12.1 Å².